The van der Waals surface area contributed by atoms with Crippen LogP contribution in [0, 0.1) is 0 Å². The van der Waals surface area contributed by atoms with Crippen LogP contribution in [0.15, 0.2) is 18.3 Å². The second kappa shape index (κ2) is 10.1. The summed E-state index contributed by atoms with van der Waals surface area (Å²) in [7, 11) is 0. The number of imidazole rings is 1. The summed E-state index contributed by atoms with van der Waals surface area (Å²) in [4.78, 5) is 10.8. The number of anilines is 1. The molecule has 2 aromatic heterocycles. The van der Waals surface area contributed by atoms with Gasteiger partial charge in [-0.3, -0.25) is 0 Å². The number of halogens is 4. The maximum atomic E-state index is 5.38. The molecule has 0 radical (unpaired) electrons. The molecule has 9 heteroatoms. The standard InChI is InChI=1S/C6H6N4.4ClH.H2O/c7-6-9-4-2-1-3-8-5(4)10-6;;;;;/h1-3H,(H3,7,8,9,10);4*1H;1H2. The molecule has 0 atom stereocenters. The second-order valence-corrected chi connectivity index (χ2v) is 2.00. The Kier molecular flexibility index (Phi) is 16.1. The maximum Gasteiger partial charge on any atom is 0.200 e. The molecule has 90 valence electrons. The zero-order chi connectivity index (χ0) is 6.97. The highest BCUT2D eigenvalue weighted by molar-refractivity contribution is 5.86. The molecular formula is C6H12Cl4N4O. The normalized spacial score (nSPS) is 6.93. The highest BCUT2D eigenvalue weighted by Gasteiger charge is 1.96. The summed E-state index contributed by atoms with van der Waals surface area (Å²) in [6.45, 7) is 0. The largest absolute Gasteiger partial charge is 0.412 e. The topological polar surface area (TPSA) is 99.1 Å². The maximum absolute atomic E-state index is 5.38. The summed E-state index contributed by atoms with van der Waals surface area (Å²) in [5.41, 5.74) is 6.93. The third kappa shape index (κ3) is 5.25. The number of nitrogens with zero attached hydrogens (tertiary/aromatic N) is 2. The molecule has 0 saturated heterocycles. The van der Waals surface area contributed by atoms with Crippen LogP contribution in [0.1, 0.15) is 0 Å². The number of hydrogen-bond acceptors (Lipinski definition) is 3. The van der Waals surface area contributed by atoms with Crippen LogP contribution >= 0.6 is 49.6 Å². The molecular weight excluding hydrogens is 286 g/mol. The Balaban J connectivity index is -0.000000121. The molecule has 15 heavy (non-hydrogen) atoms. The number of nitrogen functional groups attached to an aromatic ring is 1. The second-order valence-electron chi connectivity index (χ2n) is 2.00. The van der Waals surface area contributed by atoms with E-state index in [0.717, 1.165) is 5.52 Å². The van der Waals surface area contributed by atoms with Gasteiger partial charge in [0.15, 0.2) is 11.6 Å². The lowest BCUT2D eigenvalue weighted by Crippen LogP contribution is -1.84. The molecule has 5 N–H and O–H groups in total. The van der Waals surface area contributed by atoms with E-state index in [-0.39, 0.29) is 55.1 Å². The predicted octanol–water partition coefficient (Wildman–Crippen LogP) is 1.40. The van der Waals surface area contributed by atoms with E-state index in [1.54, 1.807) is 6.20 Å². The molecule has 0 aromatic carbocycles. The molecule has 0 spiro atoms. The Morgan fingerprint density at radius 3 is 2.27 bits per heavy atom. The Morgan fingerprint density at radius 1 is 1.13 bits per heavy atom. The van der Waals surface area contributed by atoms with E-state index >= 15 is 0 Å². The first-order chi connectivity index (χ1) is 4.86. The van der Waals surface area contributed by atoms with Gasteiger partial charge in [-0.15, -0.1) is 49.6 Å². The summed E-state index contributed by atoms with van der Waals surface area (Å²) in [5, 5.41) is 0. The molecule has 0 unspecified atom stereocenters. The summed E-state index contributed by atoms with van der Waals surface area (Å²) < 4.78 is 0. The highest BCUT2D eigenvalue weighted by atomic mass is 35.5. The minimum Gasteiger partial charge on any atom is -0.412 e. The Hall–Kier alpha value is -0.460. The zero-order valence-corrected chi connectivity index (χ0v) is 10.6. The highest BCUT2D eigenvalue weighted by Crippen LogP contribution is 2.06. The number of rotatable bonds is 0. The van der Waals surface area contributed by atoms with Gasteiger partial charge in [-0.05, 0) is 12.1 Å². The van der Waals surface area contributed by atoms with Gasteiger partial charge in [-0.1, -0.05) is 0 Å². The first-order valence-corrected chi connectivity index (χ1v) is 2.92. The molecule has 2 rings (SSSR count). The predicted molar refractivity (Wildman–Crippen MR) is 70.9 cm³/mol. The van der Waals surface area contributed by atoms with E-state index in [2.05, 4.69) is 15.0 Å². The fourth-order valence-corrected chi connectivity index (χ4v) is 0.864. The fraction of sp³-hybridized carbons (Fsp3) is 0. The third-order valence-electron chi connectivity index (χ3n) is 1.28. The Bertz CT molecular complexity index is 336. The lowest BCUT2D eigenvalue weighted by molar-refractivity contribution is 0.824. The van der Waals surface area contributed by atoms with Crippen LogP contribution in [0.25, 0.3) is 11.2 Å². The molecule has 0 aliphatic rings. The van der Waals surface area contributed by atoms with Crippen molar-refractivity contribution in [3.63, 3.8) is 0 Å². The molecule has 2 aromatic rings. The van der Waals surface area contributed by atoms with Gasteiger partial charge < -0.3 is 16.2 Å². The molecule has 0 aliphatic carbocycles. The van der Waals surface area contributed by atoms with Gasteiger partial charge in [0.05, 0.1) is 5.52 Å². The van der Waals surface area contributed by atoms with Crippen LogP contribution in [0.5, 0.6) is 0 Å². The zero-order valence-electron chi connectivity index (χ0n) is 7.34. The summed E-state index contributed by atoms with van der Waals surface area (Å²) in [6, 6.07) is 3.71. The van der Waals surface area contributed by atoms with Crippen molar-refractivity contribution in [2.45, 2.75) is 0 Å². The average Bonchev–Trinajstić information content (AvgIpc) is 2.27. The first-order valence-electron chi connectivity index (χ1n) is 2.92. The van der Waals surface area contributed by atoms with Crippen molar-refractivity contribution in [3.05, 3.63) is 18.3 Å². The van der Waals surface area contributed by atoms with Crippen molar-refractivity contribution in [1.82, 2.24) is 15.0 Å². The fourth-order valence-electron chi connectivity index (χ4n) is 0.864. The van der Waals surface area contributed by atoms with Gasteiger partial charge in [-0.2, -0.15) is 4.98 Å². The molecule has 0 fully saturated rings. The van der Waals surface area contributed by atoms with Crippen LogP contribution in [-0.4, -0.2) is 20.4 Å². The van der Waals surface area contributed by atoms with Crippen molar-refractivity contribution in [1.29, 1.82) is 0 Å². The SMILES string of the molecule is Cl.Cl.Cl.Cl.Nc1nc2ncccc2[nH]1.O. The monoisotopic (exact) mass is 296 g/mol. The lowest BCUT2D eigenvalue weighted by Gasteiger charge is -1.80. The van der Waals surface area contributed by atoms with E-state index in [4.69, 9.17) is 5.73 Å². The van der Waals surface area contributed by atoms with Gasteiger partial charge in [0, 0.05) is 6.20 Å². The van der Waals surface area contributed by atoms with Crippen molar-refractivity contribution >= 4 is 66.7 Å². The smallest absolute Gasteiger partial charge is 0.200 e. The Labute approximate surface area is 111 Å². The summed E-state index contributed by atoms with van der Waals surface area (Å²) in [6.07, 6.45) is 1.68. The number of pyridine rings is 1. The van der Waals surface area contributed by atoms with E-state index in [9.17, 15) is 0 Å². The van der Waals surface area contributed by atoms with Gasteiger partial charge >= 0.3 is 0 Å². The van der Waals surface area contributed by atoms with Crippen molar-refractivity contribution < 1.29 is 5.48 Å². The number of H-pyrrole nitrogens is 1. The molecule has 0 saturated carbocycles. The van der Waals surface area contributed by atoms with Crippen LogP contribution < -0.4 is 5.73 Å². The van der Waals surface area contributed by atoms with Gasteiger partial charge in [0.2, 0.25) is 0 Å². The number of aromatic amines is 1. The molecule has 0 aliphatic heterocycles. The number of nitrogens with two attached hydrogens (primary N) is 1. The van der Waals surface area contributed by atoms with Crippen LogP contribution in [0.3, 0.4) is 0 Å². The first kappa shape index (κ1) is 24.0. The van der Waals surface area contributed by atoms with Crippen molar-refractivity contribution in [2.24, 2.45) is 0 Å². The van der Waals surface area contributed by atoms with Crippen LogP contribution in [-0.2, 0) is 0 Å². The van der Waals surface area contributed by atoms with E-state index in [1.807, 2.05) is 12.1 Å². The van der Waals surface area contributed by atoms with Crippen molar-refractivity contribution in [2.75, 3.05) is 5.73 Å². The molecule has 0 amide bonds. The average molecular weight is 298 g/mol. The van der Waals surface area contributed by atoms with Gasteiger partial charge in [0.25, 0.3) is 0 Å². The van der Waals surface area contributed by atoms with Gasteiger partial charge in [-0.25, -0.2) is 4.98 Å². The van der Waals surface area contributed by atoms with Crippen molar-refractivity contribution in [3.8, 4) is 0 Å². The number of hydrogen-bond donors (Lipinski definition) is 2. The number of fused-ring (bicyclic) bond motifs is 1. The molecule has 5 nitrogen and oxygen atoms in total. The van der Waals surface area contributed by atoms with E-state index in [0.29, 0.717) is 11.6 Å². The quantitative estimate of drug-likeness (QED) is 0.769. The van der Waals surface area contributed by atoms with Crippen LogP contribution in [0.4, 0.5) is 5.95 Å². The molecule has 0 bridgehead atoms. The lowest BCUT2D eigenvalue weighted by atomic mass is 10.4. The Morgan fingerprint density at radius 2 is 1.73 bits per heavy atom. The third-order valence-corrected chi connectivity index (χ3v) is 1.28. The minimum atomic E-state index is 0. The van der Waals surface area contributed by atoms with E-state index < -0.39 is 0 Å². The summed E-state index contributed by atoms with van der Waals surface area (Å²) >= 11 is 0. The van der Waals surface area contributed by atoms with Gasteiger partial charge in [0.1, 0.15) is 0 Å². The molecule has 2 heterocycles. The van der Waals surface area contributed by atoms with E-state index in [1.165, 1.54) is 0 Å². The summed E-state index contributed by atoms with van der Waals surface area (Å²) in [5.74, 6) is 0.411. The van der Waals surface area contributed by atoms with Crippen LogP contribution in [0.2, 0.25) is 0 Å². The number of nitrogens with one attached hydrogen (secondary N) is 1. The minimum absolute atomic E-state index is 0. The number of aromatic nitrogens is 3.